The summed E-state index contributed by atoms with van der Waals surface area (Å²) in [5.41, 5.74) is -1.91. The highest BCUT2D eigenvalue weighted by Crippen LogP contribution is 2.65. The van der Waals surface area contributed by atoms with E-state index >= 15 is 0 Å². The number of hydrogen-bond donors (Lipinski definition) is 0. The number of hydrogen-bond acceptors (Lipinski definition) is 7. The smallest absolute Gasteiger partial charge is 0.328 e. The van der Waals surface area contributed by atoms with Gasteiger partial charge in [0.1, 0.15) is 11.6 Å². The molecule has 1 aromatic rings. The third-order valence-electron chi connectivity index (χ3n) is 4.68. The topological polar surface area (TPSA) is 78.0 Å². The van der Waals surface area contributed by atoms with Crippen molar-refractivity contribution >= 4 is 11.9 Å². The zero-order valence-electron chi connectivity index (χ0n) is 14.2. The fourth-order valence-electron chi connectivity index (χ4n) is 3.64. The Balaban J connectivity index is 2.17. The molecule has 1 aliphatic carbocycles. The van der Waals surface area contributed by atoms with Crippen LogP contribution in [0.25, 0.3) is 0 Å². The van der Waals surface area contributed by atoms with Gasteiger partial charge in [0, 0.05) is 13.2 Å². The molecule has 0 radical (unpaired) electrons. The normalized spacial score (nSPS) is 23.9. The predicted octanol–water partition coefficient (Wildman–Crippen LogP) is 1.64. The maximum absolute atomic E-state index is 13.0. The molecule has 1 unspecified atom stereocenters. The van der Waals surface area contributed by atoms with Crippen molar-refractivity contribution in [2.75, 3.05) is 20.3 Å². The molecule has 0 N–H and O–H groups in total. The Labute approximate surface area is 140 Å². The van der Waals surface area contributed by atoms with Crippen LogP contribution >= 0.6 is 0 Å². The van der Waals surface area contributed by atoms with Crippen LogP contribution in [0.5, 0.6) is 0 Å². The lowest BCUT2D eigenvalue weighted by Gasteiger charge is -2.33. The van der Waals surface area contributed by atoms with Crippen molar-refractivity contribution in [1.29, 1.82) is 0 Å². The standard InChI is InChI=1S/C17H22N2O5/c1-4-22-14(20)17(15(21)23-5-2)13(12-8-6-7-11-18-12)19(3)24-16(17)9-10-16/h6-8,11,13H,4-5,9-10H2,1-3H3. The monoisotopic (exact) mass is 334 g/mol. The van der Waals surface area contributed by atoms with Gasteiger partial charge in [0.05, 0.1) is 18.9 Å². The molecule has 1 saturated carbocycles. The molecule has 0 aromatic carbocycles. The minimum Gasteiger partial charge on any atom is -0.465 e. The van der Waals surface area contributed by atoms with E-state index in [1.54, 1.807) is 44.3 Å². The van der Waals surface area contributed by atoms with Crippen molar-refractivity contribution in [2.24, 2.45) is 5.41 Å². The molecule has 24 heavy (non-hydrogen) atoms. The second-order valence-corrected chi connectivity index (χ2v) is 6.04. The molecule has 7 nitrogen and oxygen atoms in total. The van der Waals surface area contributed by atoms with Crippen molar-refractivity contribution < 1.29 is 23.9 Å². The molecule has 1 aliphatic heterocycles. The molecule has 2 aliphatic rings. The Bertz CT molecular complexity index is 611. The molecule has 1 spiro atoms. The van der Waals surface area contributed by atoms with Gasteiger partial charge in [-0.15, -0.1) is 0 Å². The summed E-state index contributed by atoms with van der Waals surface area (Å²) in [6, 6.07) is 4.68. The lowest BCUT2D eigenvalue weighted by atomic mass is 9.72. The summed E-state index contributed by atoms with van der Waals surface area (Å²) in [6.45, 7) is 3.78. The summed E-state index contributed by atoms with van der Waals surface area (Å²) in [7, 11) is 1.71. The van der Waals surface area contributed by atoms with Crippen molar-refractivity contribution in [3.05, 3.63) is 30.1 Å². The van der Waals surface area contributed by atoms with Crippen molar-refractivity contribution in [2.45, 2.75) is 38.3 Å². The first-order valence-corrected chi connectivity index (χ1v) is 8.21. The van der Waals surface area contributed by atoms with E-state index in [1.165, 1.54) is 0 Å². The van der Waals surface area contributed by atoms with Crippen LogP contribution in [0, 0.1) is 5.41 Å². The first-order valence-electron chi connectivity index (χ1n) is 8.21. The summed E-state index contributed by atoms with van der Waals surface area (Å²) >= 11 is 0. The Morgan fingerprint density at radius 2 is 1.88 bits per heavy atom. The molecule has 1 atom stereocenters. The molecule has 1 aromatic heterocycles. The van der Waals surface area contributed by atoms with Gasteiger partial charge in [0.2, 0.25) is 5.41 Å². The second-order valence-electron chi connectivity index (χ2n) is 6.04. The van der Waals surface area contributed by atoms with Gasteiger partial charge in [-0.3, -0.25) is 19.4 Å². The fourth-order valence-corrected chi connectivity index (χ4v) is 3.64. The highest BCUT2D eigenvalue weighted by atomic mass is 16.7. The molecule has 3 rings (SSSR count). The summed E-state index contributed by atoms with van der Waals surface area (Å²) < 4.78 is 10.6. The lowest BCUT2D eigenvalue weighted by Crippen LogP contribution is -2.53. The van der Waals surface area contributed by atoms with Gasteiger partial charge in [0.25, 0.3) is 0 Å². The molecule has 2 heterocycles. The quantitative estimate of drug-likeness (QED) is 0.598. The number of carbonyl (C=O) groups excluding carboxylic acids is 2. The molecule has 2 fully saturated rings. The third-order valence-corrected chi connectivity index (χ3v) is 4.68. The van der Waals surface area contributed by atoms with Crippen LogP contribution < -0.4 is 0 Å². The zero-order valence-corrected chi connectivity index (χ0v) is 14.2. The summed E-state index contributed by atoms with van der Waals surface area (Å²) in [6.07, 6.45) is 2.82. The maximum atomic E-state index is 13.0. The summed E-state index contributed by atoms with van der Waals surface area (Å²) in [5.74, 6) is -1.22. The first kappa shape index (κ1) is 16.9. The summed E-state index contributed by atoms with van der Waals surface area (Å²) in [4.78, 5) is 36.3. The average molecular weight is 334 g/mol. The SMILES string of the molecule is CCOC(=O)C1(C(=O)OCC)C(c2ccccn2)N(C)OC12CC2. The van der Waals surface area contributed by atoms with Gasteiger partial charge in [0.15, 0.2) is 0 Å². The Kier molecular flexibility index (Phi) is 4.31. The van der Waals surface area contributed by atoms with Gasteiger partial charge in [-0.1, -0.05) is 6.07 Å². The Hall–Kier alpha value is -1.99. The van der Waals surface area contributed by atoms with E-state index in [9.17, 15) is 9.59 Å². The number of nitrogens with zero attached hydrogens (tertiary/aromatic N) is 2. The average Bonchev–Trinajstić information content (AvgIpc) is 3.27. The largest absolute Gasteiger partial charge is 0.465 e. The second kappa shape index (κ2) is 6.14. The molecular formula is C17H22N2O5. The van der Waals surface area contributed by atoms with Crippen LogP contribution in [0.15, 0.2) is 24.4 Å². The number of carbonyl (C=O) groups is 2. The van der Waals surface area contributed by atoms with E-state index in [0.29, 0.717) is 18.5 Å². The van der Waals surface area contributed by atoms with E-state index in [0.717, 1.165) is 0 Å². The van der Waals surface area contributed by atoms with Gasteiger partial charge in [-0.25, -0.2) is 0 Å². The lowest BCUT2D eigenvalue weighted by molar-refractivity contribution is -0.182. The van der Waals surface area contributed by atoms with Crippen LogP contribution in [0.4, 0.5) is 0 Å². The molecule has 0 bridgehead atoms. The van der Waals surface area contributed by atoms with Crippen LogP contribution in [0.3, 0.4) is 0 Å². The van der Waals surface area contributed by atoms with E-state index in [2.05, 4.69) is 4.98 Å². The third kappa shape index (κ3) is 2.22. The van der Waals surface area contributed by atoms with Gasteiger partial charge in [-0.05, 0) is 38.8 Å². The number of rotatable bonds is 5. The number of esters is 2. The molecule has 7 heteroatoms. The van der Waals surface area contributed by atoms with Crippen molar-refractivity contribution in [1.82, 2.24) is 10.0 Å². The maximum Gasteiger partial charge on any atom is 0.328 e. The van der Waals surface area contributed by atoms with Gasteiger partial charge < -0.3 is 9.47 Å². The highest BCUT2D eigenvalue weighted by molar-refractivity contribution is 6.03. The van der Waals surface area contributed by atoms with Crippen LogP contribution in [-0.2, 0) is 23.9 Å². The fraction of sp³-hybridized carbons (Fsp3) is 0.588. The molecule has 1 saturated heterocycles. The number of hydroxylamine groups is 2. The van der Waals surface area contributed by atoms with Crippen molar-refractivity contribution in [3.63, 3.8) is 0 Å². The zero-order chi connectivity index (χ0) is 17.4. The summed E-state index contributed by atoms with van der Waals surface area (Å²) in [5, 5.41) is 1.54. The number of pyridine rings is 1. The van der Waals surface area contributed by atoms with Gasteiger partial charge >= 0.3 is 11.9 Å². The van der Waals surface area contributed by atoms with E-state index < -0.39 is 29.0 Å². The molecule has 130 valence electrons. The van der Waals surface area contributed by atoms with Crippen LogP contribution in [0.1, 0.15) is 38.4 Å². The van der Waals surface area contributed by atoms with Crippen LogP contribution in [-0.4, -0.2) is 47.8 Å². The van der Waals surface area contributed by atoms with Gasteiger partial charge in [-0.2, -0.15) is 5.06 Å². The van der Waals surface area contributed by atoms with Crippen LogP contribution in [0.2, 0.25) is 0 Å². The van der Waals surface area contributed by atoms with E-state index in [4.69, 9.17) is 14.3 Å². The highest BCUT2D eigenvalue weighted by Gasteiger charge is 2.80. The minimum atomic E-state index is -1.57. The predicted molar refractivity (Wildman–Crippen MR) is 83.5 cm³/mol. The van der Waals surface area contributed by atoms with E-state index in [-0.39, 0.29) is 13.2 Å². The number of aromatic nitrogens is 1. The Morgan fingerprint density at radius 3 is 2.33 bits per heavy atom. The van der Waals surface area contributed by atoms with Crippen molar-refractivity contribution in [3.8, 4) is 0 Å². The first-order chi connectivity index (χ1) is 11.5. The molecule has 0 amide bonds. The Morgan fingerprint density at radius 1 is 1.25 bits per heavy atom. The van der Waals surface area contributed by atoms with E-state index in [1.807, 2.05) is 6.07 Å². The minimum absolute atomic E-state index is 0.175. The molecular weight excluding hydrogens is 312 g/mol. The number of ether oxygens (including phenoxy) is 2.